The van der Waals surface area contributed by atoms with Gasteiger partial charge in [0.2, 0.25) is 0 Å². The first-order valence-electron chi connectivity index (χ1n) is 19.4. The first kappa shape index (κ1) is 39.4. The zero-order valence-electron chi connectivity index (χ0n) is 32.9. The van der Waals surface area contributed by atoms with E-state index in [2.05, 4.69) is 32.2 Å². The molecule has 302 valence electrons. The van der Waals surface area contributed by atoms with Gasteiger partial charge in [-0.1, -0.05) is 86.1 Å². The summed E-state index contributed by atoms with van der Waals surface area (Å²) in [6, 6.07) is 34.2. The smallest absolute Gasteiger partial charge is 0.256 e. The van der Waals surface area contributed by atoms with E-state index >= 15 is 0 Å². The SMILES string of the molecule is CCCC(O[C@@H]1[C@H](O)[C@@H](COC(c2ccccc2)(c2ccc(OC)cc2)c2ccc(OC)cc2)O[C@H]1n1cnc2c(NC(=O)c3ccccc3)ncnc21)n1ccnc1. The lowest BCUT2D eigenvalue weighted by Gasteiger charge is -2.37. The number of anilines is 1. The molecular weight excluding hydrogens is 751 g/mol. The van der Waals surface area contributed by atoms with Gasteiger partial charge in [0, 0.05) is 18.0 Å². The van der Waals surface area contributed by atoms with Crippen LogP contribution >= 0.6 is 0 Å². The standard InChI is InChI=1S/C45H45N7O7/c1-4-11-37(51-25-24-46-28-51)59-40-39(53)36(58-44(40)52-29-49-38-41(47-27-48-42(38)52)50-43(54)30-12-7-5-8-13-30)26-57-45(31-14-9-6-10-15-31,32-16-20-34(55-2)21-17-32)33-18-22-35(56-3)23-19-33/h5-10,12-25,27-29,36-37,39-40,44,53H,4,11,26H2,1-3H3,(H,47,48,50,54)/t36-,37?,39-,40-,44-/m1/s1. The van der Waals surface area contributed by atoms with Crippen molar-refractivity contribution in [3.8, 4) is 11.5 Å². The lowest BCUT2D eigenvalue weighted by molar-refractivity contribution is -0.127. The van der Waals surface area contributed by atoms with E-state index in [0.29, 0.717) is 34.6 Å². The normalized spacial score (nSPS) is 18.4. The molecule has 0 radical (unpaired) electrons. The quantitative estimate of drug-likeness (QED) is 0.0977. The average molecular weight is 796 g/mol. The second kappa shape index (κ2) is 17.6. The third-order valence-electron chi connectivity index (χ3n) is 10.6. The molecule has 1 amide bonds. The number of aromatic nitrogens is 6. The zero-order chi connectivity index (χ0) is 40.8. The van der Waals surface area contributed by atoms with Gasteiger partial charge in [0.15, 0.2) is 23.2 Å². The van der Waals surface area contributed by atoms with Crippen LogP contribution in [0, 0.1) is 0 Å². The number of methoxy groups -OCH3 is 2. The number of carbonyl (C=O) groups is 1. The Bertz CT molecular complexity index is 2380. The van der Waals surface area contributed by atoms with Crippen LogP contribution in [0.5, 0.6) is 11.5 Å². The lowest BCUT2D eigenvalue weighted by Crippen LogP contribution is -2.40. The summed E-state index contributed by atoms with van der Waals surface area (Å²) in [7, 11) is 3.25. The van der Waals surface area contributed by atoms with Crippen LogP contribution in [0.15, 0.2) is 141 Å². The van der Waals surface area contributed by atoms with Gasteiger partial charge in [-0.05, 0) is 59.5 Å². The van der Waals surface area contributed by atoms with Crippen molar-refractivity contribution in [2.24, 2.45) is 0 Å². The highest BCUT2D eigenvalue weighted by Crippen LogP contribution is 2.44. The van der Waals surface area contributed by atoms with E-state index in [1.165, 1.54) is 6.33 Å². The maximum absolute atomic E-state index is 13.2. The Hall–Kier alpha value is -6.45. The van der Waals surface area contributed by atoms with Crippen molar-refractivity contribution in [3.63, 3.8) is 0 Å². The first-order chi connectivity index (χ1) is 28.9. The van der Waals surface area contributed by atoms with E-state index in [0.717, 1.165) is 23.1 Å². The Morgan fingerprint density at radius 1 is 0.847 bits per heavy atom. The van der Waals surface area contributed by atoms with Crippen molar-refractivity contribution in [1.29, 1.82) is 0 Å². The molecule has 14 heteroatoms. The van der Waals surface area contributed by atoms with Crippen LogP contribution in [0.3, 0.4) is 0 Å². The molecule has 1 aliphatic heterocycles. The summed E-state index contributed by atoms with van der Waals surface area (Å²) in [6.07, 6.45) is 5.17. The third kappa shape index (κ3) is 7.90. The van der Waals surface area contributed by atoms with Gasteiger partial charge < -0.3 is 38.7 Å². The summed E-state index contributed by atoms with van der Waals surface area (Å²) in [5, 5.41) is 15.2. The maximum atomic E-state index is 13.2. The number of fused-ring (bicyclic) bond motifs is 1. The summed E-state index contributed by atoms with van der Waals surface area (Å²) < 4.78 is 35.4. The van der Waals surface area contributed by atoms with Gasteiger partial charge in [0.05, 0.1) is 33.5 Å². The Morgan fingerprint density at radius 2 is 1.49 bits per heavy atom. The van der Waals surface area contributed by atoms with Crippen LogP contribution < -0.4 is 14.8 Å². The van der Waals surface area contributed by atoms with E-state index in [9.17, 15) is 9.90 Å². The minimum absolute atomic E-state index is 0.0615. The highest BCUT2D eigenvalue weighted by atomic mass is 16.6. The van der Waals surface area contributed by atoms with Gasteiger partial charge in [-0.2, -0.15) is 0 Å². The summed E-state index contributed by atoms with van der Waals surface area (Å²) in [4.78, 5) is 31.0. The molecule has 7 aromatic rings. The second-order valence-corrected chi connectivity index (χ2v) is 14.1. The Labute approximate surface area is 341 Å². The lowest BCUT2D eigenvalue weighted by atomic mass is 9.80. The number of hydrogen-bond acceptors (Lipinski definition) is 11. The van der Waals surface area contributed by atoms with Crippen LogP contribution in [0.2, 0.25) is 0 Å². The fraction of sp³-hybridized carbons (Fsp3) is 0.267. The molecule has 4 heterocycles. The third-order valence-corrected chi connectivity index (χ3v) is 10.6. The van der Waals surface area contributed by atoms with Crippen molar-refractivity contribution >= 4 is 22.9 Å². The molecule has 1 unspecified atom stereocenters. The molecule has 0 bridgehead atoms. The number of imidazole rings is 2. The van der Waals surface area contributed by atoms with Crippen LogP contribution in [0.1, 0.15) is 59.3 Å². The molecule has 2 N–H and O–H groups in total. The highest BCUT2D eigenvalue weighted by molar-refractivity contribution is 6.06. The predicted octanol–water partition coefficient (Wildman–Crippen LogP) is 6.94. The van der Waals surface area contributed by atoms with E-state index in [1.807, 2.05) is 95.7 Å². The molecule has 0 aliphatic carbocycles. The first-order valence-corrected chi connectivity index (χ1v) is 19.4. The van der Waals surface area contributed by atoms with Gasteiger partial charge in [0.25, 0.3) is 5.91 Å². The minimum Gasteiger partial charge on any atom is -0.497 e. The number of aliphatic hydroxyl groups is 1. The summed E-state index contributed by atoms with van der Waals surface area (Å²) in [5.41, 5.74) is 2.54. The van der Waals surface area contributed by atoms with Gasteiger partial charge in [0.1, 0.15) is 48.0 Å². The molecule has 59 heavy (non-hydrogen) atoms. The molecule has 0 spiro atoms. The maximum Gasteiger partial charge on any atom is 0.256 e. The van der Waals surface area contributed by atoms with E-state index < -0.39 is 36.4 Å². The summed E-state index contributed by atoms with van der Waals surface area (Å²) in [6.45, 7) is 2.00. The van der Waals surface area contributed by atoms with E-state index in [-0.39, 0.29) is 18.3 Å². The predicted molar refractivity (Wildman–Crippen MR) is 219 cm³/mol. The number of amides is 1. The van der Waals surface area contributed by atoms with Crippen LogP contribution in [-0.2, 0) is 19.8 Å². The topological polar surface area (TPSA) is 157 Å². The summed E-state index contributed by atoms with van der Waals surface area (Å²) in [5.74, 6) is 1.28. The van der Waals surface area contributed by atoms with Crippen molar-refractivity contribution in [3.05, 3.63) is 163 Å². The van der Waals surface area contributed by atoms with Crippen LogP contribution in [0.4, 0.5) is 5.82 Å². The molecular formula is C45H45N7O7. The van der Waals surface area contributed by atoms with Gasteiger partial charge in [-0.15, -0.1) is 0 Å². The number of nitrogens with one attached hydrogen (secondary N) is 1. The Balaban J connectivity index is 1.18. The monoisotopic (exact) mass is 795 g/mol. The van der Waals surface area contributed by atoms with Gasteiger partial charge in [-0.3, -0.25) is 9.36 Å². The van der Waals surface area contributed by atoms with Crippen molar-refractivity contribution in [2.75, 3.05) is 26.1 Å². The van der Waals surface area contributed by atoms with E-state index in [1.54, 1.807) is 61.9 Å². The molecule has 5 atom stereocenters. The fourth-order valence-electron chi connectivity index (χ4n) is 7.56. The van der Waals surface area contributed by atoms with Crippen LogP contribution in [0.25, 0.3) is 11.2 Å². The molecule has 1 aliphatic rings. The molecule has 14 nitrogen and oxygen atoms in total. The summed E-state index contributed by atoms with van der Waals surface area (Å²) >= 11 is 0. The van der Waals surface area contributed by atoms with Crippen molar-refractivity contribution in [2.45, 2.75) is 56.1 Å². The number of nitrogens with zero attached hydrogens (tertiary/aromatic N) is 6. The largest absolute Gasteiger partial charge is 0.497 e. The minimum atomic E-state index is -1.18. The van der Waals surface area contributed by atoms with Crippen molar-refractivity contribution < 1.29 is 33.6 Å². The average Bonchev–Trinajstić information content (AvgIpc) is 4.05. The fourth-order valence-corrected chi connectivity index (χ4v) is 7.56. The van der Waals surface area contributed by atoms with Crippen molar-refractivity contribution in [1.82, 2.24) is 29.1 Å². The molecule has 8 rings (SSSR count). The number of rotatable bonds is 16. The number of carbonyl (C=O) groups excluding carboxylic acids is 1. The molecule has 1 saturated heterocycles. The molecule has 0 saturated carbocycles. The number of aliphatic hydroxyl groups excluding tert-OH is 1. The number of hydrogen-bond donors (Lipinski definition) is 2. The van der Waals surface area contributed by atoms with Gasteiger partial charge in [-0.25, -0.2) is 19.9 Å². The highest BCUT2D eigenvalue weighted by Gasteiger charge is 2.49. The molecule has 4 aromatic carbocycles. The molecule has 3 aromatic heterocycles. The van der Waals surface area contributed by atoms with Crippen LogP contribution in [-0.4, -0.2) is 79.2 Å². The van der Waals surface area contributed by atoms with Gasteiger partial charge >= 0.3 is 0 Å². The van der Waals surface area contributed by atoms with E-state index in [4.69, 9.17) is 23.7 Å². The Kier molecular flexibility index (Phi) is 11.7. The second-order valence-electron chi connectivity index (χ2n) is 14.1. The molecule has 1 fully saturated rings. The zero-order valence-corrected chi connectivity index (χ0v) is 32.9. The Morgan fingerprint density at radius 3 is 2.10 bits per heavy atom. The number of benzene rings is 4. The number of ether oxygens (including phenoxy) is 5.